The average molecular weight is 399 g/mol. The molecule has 154 valence electrons. The monoisotopic (exact) mass is 399 g/mol. The minimum Gasteiger partial charge on any atom is -0.444 e. The standard InChI is InChI=1S/C20H25N5O4/c1-5-24-12-22-16-15(24)17(26)23-18(27)25(16)11-14-8-6-13(7-9-14)10-21-19(28)29-20(2,3)4/h6-9,12H,5,10-11H2,1-4H3,(H,21,28)(H,23,26,27). The summed E-state index contributed by atoms with van der Waals surface area (Å²) in [4.78, 5) is 42.8. The van der Waals surface area contributed by atoms with E-state index in [0.29, 0.717) is 24.3 Å². The molecule has 9 nitrogen and oxygen atoms in total. The average Bonchev–Trinajstić information content (AvgIpc) is 3.07. The van der Waals surface area contributed by atoms with Crippen LogP contribution in [0.5, 0.6) is 0 Å². The van der Waals surface area contributed by atoms with Crippen LogP contribution in [0.25, 0.3) is 11.2 Å². The fourth-order valence-electron chi connectivity index (χ4n) is 2.94. The molecule has 1 aromatic carbocycles. The Morgan fingerprint density at radius 3 is 2.45 bits per heavy atom. The number of benzene rings is 1. The van der Waals surface area contributed by atoms with Gasteiger partial charge in [0, 0.05) is 13.1 Å². The second-order valence-corrected chi connectivity index (χ2v) is 7.72. The number of hydrogen-bond acceptors (Lipinski definition) is 5. The van der Waals surface area contributed by atoms with E-state index in [1.165, 1.54) is 4.57 Å². The third-order valence-corrected chi connectivity index (χ3v) is 4.29. The molecule has 0 saturated carbocycles. The summed E-state index contributed by atoms with van der Waals surface area (Å²) in [6, 6.07) is 7.47. The number of imidazole rings is 1. The first-order chi connectivity index (χ1) is 13.7. The molecule has 0 aliphatic heterocycles. The molecule has 0 radical (unpaired) electrons. The van der Waals surface area contributed by atoms with E-state index in [0.717, 1.165) is 11.1 Å². The minimum absolute atomic E-state index is 0.270. The van der Waals surface area contributed by atoms with Gasteiger partial charge in [0.15, 0.2) is 11.2 Å². The van der Waals surface area contributed by atoms with Gasteiger partial charge in [0.25, 0.3) is 5.56 Å². The Bertz CT molecular complexity index is 1130. The molecule has 2 N–H and O–H groups in total. The molecule has 0 bridgehead atoms. The van der Waals surface area contributed by atoms with E-state index in [9.17, 15) is 14.4 Å². The lowest BCUT2D eigenvalue weighted by molar-refractivity contribution is 0.0523. The number of ether oxygens (including phenoxy) is 1. The van der Waals surface area contributed by atoms with Gasteiger partial charge in [0.1, 0.15) is 5.60 Å². The number of alkyl carbamates (subject to hydrolysis) is 1. The molecule has 3 rings (SSSR count). The van der Waals surface area contributed by atoms with Crippen LogP contribution >= 0.6 is 0 Å². The molecule has 0 atom stereocenters. The molecule has 1 amide bonds. The smallest absolute Gasteiger partial charge is 0.407 e. The normalized spacial score (nSPS) is 11.6. The summed E-state index contributed by atoms with van der Waals surface area (Å²) in [6.07, 6.45) is 1.08. The van der Waals surface area contributed by atoms with E-state index in [1.54, 1.807) is 31.7 Å². The summed E-state index contributed by atoms with van der Waals surface area (Å²) in [5.74, 6) is 0. The highest BCUT2D eigenvalue weighted by atomic mass is 16.6. The zero-order valence-electron chi connectivity index (χ0n) is 17.0. The molecule has 0 unspecified atom stereocenters. The molecule has 2 heterocycles. The number of aryl methyl sites for hydroxylation is 1. The maximum atomic E-state index is 12.3. The van der Waals surface area contributed by atoms with Crippen molar-refractivity contribution in [1.82, 2.24) is 24.4 Å². The van der Waals surface area contributed by atoms with E-state index in [2.05, 4.69) is 15.3 Å². The Balaban J connectivity index is 1.75. The Morgan fingerprint density at radius 2 is 1.83 bits per heavy atom. The van der Waals surface area contributed by atoms with Crippen molar-refractivity contribution in [3.05, 3.63) is 62.6 Å². The molecule has 0 saturated heterocycles. The highest BCUT2D eigenvalue weighted by molar-refractivity contribution is 5.70. The number of aromatic nitrogens is 4. The third kappa shape index (κ3) is 4.74. The summed E-state index contributed by atoms with van der Waals surface area (Å²) < 4.78 is 8.36. The summed E-state index contributed by atoms with van der Waals surface area (Å²) in [6.45, 7) is 8.50. The van der Waals surface area contributed by atoms with Crippen molar-refractivity contribution < 1.29 is 9.53 Å². The number of amides is 1. The van der Waals surface area contributed by atoms with Gasteiger partial charge < -0.3 is 14.6 Å². The summed E-state index contributed by atoms with van der Waals surface area (Å²) in [5.41, 5.74) is 1.01. The highest BCUT2D eigenvalue weighted by Crippen LogP contribution is 2.11. The second-order valence-electron chi connectivity index (χ2n) is 7.72. The molecular formula is C20H25N5O4. The number of carbonyl (C=O) groups excluding carboxylic acids is 1. The van der Waals surface area contributed by atoms with E-state index in [4.69, 9.17) is 4.74 Å². The molecule has 0 aliphatic rings. The Kier molecular flexibility index (Phi) is 5.58. The molecular weight excluding hydrogens is 374 g/mol. The fraction of sp³-hybridized carbons (Fsp3) is 0.400. The topological polar surface area (TPSA) is 111 Å². The fourth-order valence-corrected chi connectivity index (χ4v) is 2.94. The van der Waals surface area contributed by atoms with Crippen molar-refractivity contribution in [2.45, 2.75) is 52.9 Å². The van der Waals surface area contributed by atoms with Crippen LogP contribution < -0.4 is 16.6 Å². The van der Waals surface area contributed by atoms with Gasteiger partial charge in [-0.25, -0.2) is 14.6 Å². The summed E-state index contributed by atoms with van der Waals surface area (Å²) in [5, 5.41) is 2.70. The first-order valence-corrected chi connectivity index (χ1v) is 9.40. The predicted molar refractivity (Wildman–Crippen MR) is 109 cm³/mol. The number of fused-ring (bicyclic) bond motifs is 1. The Labute approximate surface area is 167 Å². The van der Waals surface area contributed by atoms with Crippen molar-refractivity contribution in [2.75, 3.05) is 0 Å². The number of H-pyrrole nitrogens is 1. The molecule has 0 aliphatic carbocycles. The first-order valence-electron chi connectivity index (χ1n) is 9.40. The molecule has 0 fully saturated rings. The van der Waals surface area contributed by atoms with E-state index in [-0.39, 0.29) is 6.54 Å². The number of carbonyl (C=O) groups is 1. The number of nitrogens with zero attached hydrogens (tertiary/aromatic N) is 3. The zero-order valence-corrected chi connectivity index (χ0v) is 17.0. The van der Waals surface area contributed by atoms with Crippen LogP contribution in [0.4, 0.5) is 4.79 Å². The van der Waals surface area contributed by atoms with Crippen LogP contribution in [0, 0.1) is 0 Å². The van der Waals surface area contributed by atoms with E-state index in [1.807, 2.05) is 31.2 Å². The summed E-state index contributed by atoms with van der Waals surface area (Å²) in [7, 11) is 0. The van der Waals surface area contributed by atoms with Gasteiger partial charge in [-0.3, -0.25) is 14.3 Å². The van der Waals surface area contributed by atoms with Crippen molar-refractivity contribution in [3.8, 4) is 0 Å². The highest BCUT2D eigenvalue weighted by Gasteiger charge is 2.16. The number of aromatic amines is 1. The molecule has 2 aromatic heterocycles. The van der Waals surface area contributed by atoms with Crippen LogP contribution in [-0.4, -0.2) is 30.8 Å². The van der Waals surface area contributed by atoms with Gasteiger partial charge in [-0.05, 0) is 38.8 Å². The van der Waals surface area contributed by atoms with Gasteiger partial charge >= 0.3 is 11.8 Å². The van der Waals surface area contributed by atoms with Crippen molar-refractivity contribution >= 4 is 17.3 Å². The minimum atomic E-state index is -0.548. The maximum absolute atomic E-state index is 12.3. The number of nitrogens with one attached hydrogen (secondary N) is 2. The van der Waals surface area contributed by atoms with Crippen molar-refractivity contribution in [3.63, 3.8) is 0 Å². The van der Waals surface area contributed by atoms with Gasteiger partial charge in [-0.1, -0.05) is 24.3 Å². The van der Waals surface area contributed by atoms with Gasteiger partial charge in [0.2, 0.25) is 0 Å². The van der Waals surface area contributed by atoms with Crippen LogP contribution in [0.15, 0.2) is 40.2 Å². The number of rotatable bonds is 5. The lowest BCUT2D eigenvalue weighted by Crippen LogP contribution is -2.32. The molecule has 3 aromatic rings. The SMILES string of the molecule is CCn1cnc2c1c(=O)[nH]c(=O)n2Cc1ccc(CNC(=O)OC(C)(C)C)cc1. The summed E-state index contributed by atoms with van der Waals surface area (Å²) >= 11 is 0. The lowest BCUT2D eigenvalue weighted by Gasteiger charge is -2.19. The molecule has 0 spiro atoms. The lowest BCUT2D eigenvalue weighted by atomic mass is 10.1. The van der Waals surface area contributed by atoms with Crippen LogP contribution in [0.2, 0.25) is 0 Å². The zero-order chi connectivity index (χ0) is 21.2. The second kappa shape index (κ2) is 7.94. The van der Waals surface area contributed by atoms with Gasteiger partial charge in [0.05, 0.1) is 12.9 Å². The third-order valence-electron chi connectivity index (χ3n) is 4.29. The first kappa shape index (κ1) is 20.4. The quantitative estimate of drug-likeness (QED) is 0.681. The molecule has 9 heteroatoms. The van der Waals surface area contributed by atoms with Crippen LogP contribution in [-0.2, 0) is 24.4 Å². The Hall–Kier alpha value is -3.36. The van der Waals surface area contributed by atoms with Crippen molar-refractivity contribution in [2.24, 2.45) is 0 Å². The van der Waals surface area contributed by atoms with Crippen LogP contribution in [0.1, 0.15) is 38.8 Å². The predicted octanol–water partition coefficient (Wildman–Crippen LogP) is 1.98. The van der Waals surface area contributed by atoms with Gasteiger partial charge in [-0.15, -0.1) is 0 Å². The van der Waals surface area contributed by atoms with Crippen LogP contribution in [0.3, 0.4) is 0 Å². The Morgan fingerprint density at radius 1 is 1.17 bits per heavy atom. The van der Waals surface area contributed by atoms with E-state index < -0.39 is 22.9 Å². The largest absolute Gasteiger partial charge is 0.444 e. The van der Waals surface area contributed by atoms with E-state index >= 15 is 0 Å². The molecule has 29 heavy (non-hydrogen) atoms. The number of hydrogen-bond donors (Lipinski definition) is 2. The van der Waals surface area contributed by atoms with Crippen molar-refractivity contribution in [1.29, 1.82) is 0 Å². The van der Waals surface area contributed by atoms with Gasteiger partial charge in [-0.2, -0.15) is 0 Å². The maximum Gasteiger partial charge on any atom is 0.407 e.